The molecule has 0 radical (unpaired) electrons. The zero-order valence-electron chi connectivity index (χ0n) is 33.6. The maximum atomic E-state index is 14.1. The second kappa shape index (κ2) is 21.7. The first-order valence-corrected chi connectivity index (χ1v) is 18.9. The van der Waals surface area contributed by atoms with Crippen LogP contribution >= 0.6 is 0 Å². The number of carbonyl (C=O) groups excluding carboxylic acids is 6. The molecule has 6 atom stereocenters. The molecule has 3 aromatic carbocycles. The Morgan fingerprint density at radius 3 is 1.70 bits per heavy atom. The van der Waals surface area contributed by atoms with E-state index >= 15 is 0 Å². The first-order valence-electron chi connectivity index (χ1n) is 18.9. The highest BCUT2D eigenvalue weighted by molar-refractivity contribution is 5.97. The van der Waals surface area contributed by atoms with Gasteiger partial charge in [0.05, 0.1) is 16.0 Å². The van der Waals surface area contributed by atoms with Gasteiger partial charge in [0.15, 0.2) is 0 Å². The number of nitrogens with zero attached hydrogens (tertiary/aromatic N) is 2. The Labute approximate surface area is 347 Å². The van der Waals surface area contributed by atoms with Gasteiger partial charge in [-0.2, -0.15) is 0 Å². The van der Waals surface area contributed by atoms with Crippen LogP contribution in [-0.4, -0.2) is 103 Å². The Balaban J connectivity index is 2.04. The lowest BCUT2D eigenvalue weighted by Crippen LogP contribution is -2.61. The van der Waals surface area contributed by atoms with Gasteiger partial charge in [-0.05, 0) is 47.6 Å². The number of amides is 6. The van der Waals surface area contributed by atoms with Crippen molar-refractivity contribution in [1.29, 1.82) is 0 Å². The number of carboxylic acids is 1. The summed E-state index contributed by atoms with van der Waals surface area (Å²) in [6.07, 6.45) is -3.78. The summed E-state index contributed by atoms with van der Waals surface area (Å²) in [4.78, 5) is 112. The molecule has 0 unspecified atom stereocenters. The smallest absolute Gasteiger partial charge is 0.318 e. The lowest BCUT2D eigenvalue weighted by molar-refractivity contribution is -0.396. The summed E-state index contributed by atoms with van der Waals surface area (Å²) >= 11 is 0. The number of carbonyl (C=O) groups is 7. The van der Waals surface area contributed by atoms with E-state index in [1.807, 2.05) is 18.2 Å². The Hall–Kier alpha value is -7.23. The van der Waals surface area contributed by atoms with Crippen LogP contribution in [0, 0.1) is 26.1 Å². The molecule has 0 aliphatic carbocycles. The summed E-state index contributed by atoms with van der Waals surface area (Å²) in [6, 6.07) is 5.96. The van der Waals surface area contributed by atoms with E-state index in [1.54, 1.807) is 38.1 Å². The largest absolute Gasteiger partial charge is 0.497 e. The molecule has 6 amide bonds. The summed E-state index contributed by atoms with van der Waals surface area (Å²) in [6.45, 7) is 5.75. The topological polar surface area (TPSA) is 353 Å². The van der Waals surface area contributed by atoms with Crippen molar-refractivity contribution in [2.24, 2.45) is 11.7 Å². The second-order valence-electron chi connectivity index (χ2n) is 14.7. The monoisotopic (exact) mass is 852 g/mol. The fourth-order valence-corrected chi connectivity index (χ4v) is 6.28. The van der Waals surface area contributed by atoms with Gasteiger partial charge in [0.1, 0.15) is 30.2 Å². The fraction of sp³-hybridized carbons (Fsp3) is 0.410. The number of nitro groups is 2. The first kappa shape index (κ1) is 48.1. The minimum atomic E-state index is -1.87. The molecule has 0 bridgehead atoms. The van der Waals surface area contributed by atoms with E-state index in [-0.39, 0.29) is 24.3 Å². The molecule has 0 aliphatic heterocycles. The van der Waals surface area contributed by atoms with E-state index in [4.69, 9.17) is 5.73 Å². The van der Waals surface area contributed by atoms with Crippen molar-refractivity contribution in [2.75, 3.05) is 0 Å². The number of aromatic hydroxyl groups is 1. The van der Waals surface area contributed by atoms with E-state index in [2.05, 4.69) is 26.6 Å². The van der Waals surface area contributed by atoms with Crippen LogP contribution in [0.5, 0.6) is 5.75 Å². The maximum Gasteiger partial charge on any atom is 0.318 e. The lowest BCUT2D eigenvalue weighted by atomic mass is 9.99. The molecule has 0 aromatic heterocycles. The molecule has 0 fully saturated rings. The van der Waals surface area contributed by atoms with Crippen molar-refractivity contribution >= 4 is 63.6 Å². The van der Waals surface area contributed by atoms with Crippen LogP contribution in [0.25, 0.3) is 10.8 Å². The van der Waals surface area contributed by atoms with Gasteiger partial charge in [0, 0.05) is 38.3 Å². The number of hydrogen-bond donors (Lipinski definition) is 9. The van der Waals surface area contributed by atoms with Crippen LogP contribution in [0.15, 0.2) is 54.6 Å². The number of nitrogens with one attached hydrogen (secondary N) is 5. The number of phenols is 1. The number of aliphatic carboxylic acids is 1. The standard InChI is InChI=1S/C39H48N8O14/c1-19(2)13-27(35(40)53)43-39(57)33(20(3)48)45-36(54)26(11-12-32(50)51)42-38(56)29(16-23-17-30(46(58)59)34(52)31(18-23)47(60)61)44-37(55)28(41-21(4)49)15-22-9-10-24-7-5-6-8-25(24)14-22/h5-10,14,17-20,26-29,33,48,52H,11-13,15-16H2,1-4H3,(H2,40,53)(H,41,49)(H,42,56)(H,43,57)(H,44,55)(H,45,54)(H,50,51)/t20-,26+,27+,28+,29+,33+/m1/s1. The van der Waals surface area contributed by atoms with Crippen molar-refractivity contribution in [3.63, 3.8) is 0 Å². The van der Waals surface area contributed by atoms with Crippen LogP contribution in [0.3, 0.4) is 0 Å². The predicted molar refractivity (Wildman–Crippen MR) is 215 cm³/mol. The molecular formula is C39H48N8O14. The Morgan fingerprint density at radius 1 is 0.689 bits per heavy atom. The molecule has 22 heteroatoms. The van der Waals surface area contributed by atoms with Crippen LogP contribution in [-0.2, 0) is 46.4 Å². The highest BCUT2D eigenvalue weighted by atomic mass is 16.6. The Bertz CT molecular complexity index is 2140. The van der Waals surface area contributed by atoms with Crippen molar-refractivity contribution in [3.8, 4) is 5.75 Å². The molecule has 0 saturated heterocycles. The summed E-state index contributed by atoms with van der Waals surface area (Å²) in [7, 11) is 0. The van der Waals surface area contributed by atoms with Gasteiger partial charge in [-0.25, -0.2) is 0 Å². The Morgan fingerprint density at radius 2 is 1.20 bits per heavy atom. The summed E-state index contributed by atoms with van der Waals surface area (Å²) in [5.41, 5.74) is 3.43. The quantitative estimate of drug-likeness (QED) is 0.0487. The van der Waals surface area contributed by atoms with Gasteiger partial charge >= 0.3 is 17.3 Å². The molecule has 3 aromatic rings. The molecule has 3 rings (SSSR count). The summed E-state index contributed by atoms with van der Waals surface area (Å²) in [5, 5.41) is 67.0. The molecule has 61 heavy (non-hydrogen) atoms. The minimum absolute atomic E-state index is 0.102. The first-order chi connectivity index (χ1) is 28.6. The van der Waals surface area contributed by atoms with Crippen LogP contribution in [0.4, 0.5) is 11.4 Å². The number of nitro benzene ring substituents is 2. The van der Waals surface area contributed by atoms with Crippen molar-refractivity contribution in [1.82, 2.24) is 26.6 Å². The zero-order valence-corrected chi connectivity index (χ0v) is 33.6. The highest BCUT2D eigenvalue weighted by Crippen LogP contribution is 2.37. The molecule has 0 aliphatic rings. The van der Waals surface area contributed by atoms with Crippen molar-refractivity contribution < 1.29 is 58.7 Å². The molecule has 0 spiro atoms. The summed E-state index contributed by atoms with van der Waals surface area (Å²) in [5.74, 6) is -8.88. The van der Waals surface area contributed by atoms with Crippen molar-refractivity contribution in [3.05, 3.63) is 86.0 Å². The number of carboxylic acid groups (broad SMARTS) is 1. The number of phenolic OH excluding ortho intramolecular Hbond substituents is 1. The summed E-state index contributed by atoms with van der Waals surface area (Å²) < 4.78 is 0. The molecule has 0 saturated carbocycles. The average Bonchev–Trinajstić information content (AvgIpc) is 3.17. The SMILES string of the molecule is CC(=O)N[C@@H](Cc1ccc2ccccc2c1)C(=O)N[C@@H](Cc1cc([N+](=O)[O-])c(O)c([N+](=O)[O-])c1)C(=O)N[C@@H](CCC(=O)O)C(=O)N[C@H](C(=O)N[C@@H](CC(C)C)C(N)=O)[C@@H](C)O. The molecular weight excluding hydrogens is 804 g/mol. The number of aliphatic hydroxyl groups is 1. The maximum absolute atomic E-state index is 14.1. The number of hydrogen-bond acceptors (Lipinski definition) is 13. The van der Waals surface area contributed by atoms with Gasteiger partial charge in [0.25, 0.3) is 5.75 Å². The van der Waals surface area contributed by atoms with E-state index in [9.17, 15) is 69.1 Å². The molecule has 0 heterocycles. The third-order valence-corrected chi connectivity index (χ3v) is 9.25. The fourth-order valence-electron chi connectivity index (χ4n) is 6.28. The second-order valence-corrected chi connectivity index (χ2v) is 14.7. The predicted octanol–water partition coefficient (Wildman–Crippen LogP) is 0.368. The number of aliphatic hydroxyl groups excluding tert-OH is 1. The van der Waals surface area contributed by atoms with Gasteiger partial charge in [-0.15, -0.1) is 0 Å². The van der Waals surface area contributed by atoms with Crippen LogP contribution in [0.2, 0.25) is 0 Å². The zero-order chi connectivity index (χ0) is 45.7. The average molecular weight is 853 g/mol. The van der Waals surface area contributed by atoms with E-state index in [0.29, 0.717) is 17.7 Å². The third kappa shape index (κ3) is 14.2. The molecule has 328 valence electrons. The third-order valence-electron chi connectivity index (χ3n) is 9.25. The highest BCUT2D eigenvalue weighted by Gasteiger charge is 2.35. The lowest BCUT2D eigenvalue weighted by Gasteiger charge is -2.28. The number of nitrogens with two attached hydrogens (primary N) is 1. The normalized spacial score (nSPS) is 14.0. The number of rotatable bonds is 22. The van der Waals surface area contributed by atoms with Gasteiger partial charge < -0.3 is 47.6 Å². The number of benzene rings is 3. The minimum Gasteiger partial charge on any atom is -0.497 e. The van der Waals surface area contributed by atoms with Crippen LogP contribution < -0.4 is 32.3 Å². The Kier molecular flexibility index (Phi) is 17.1. The van der Waals surface area contributed by atoms with Crippen LogP contribution in [0.1, 0.15) is 58.1 Å². The van der Waals surface area contributed by atoms with Gasteiger partial charge in [0.2, 0.25) is 35.4 Å². The van der Waals surface area contributed by atoms with Gasteiger partial charge in [-0.3, -0.25) is 53.8 Å². The van der Waals surface area contributed by atoms with E-state index < -0.39 is 124 Å². The van der Waals surface area contributed by atoms with Gasteiger partial charge in [-0.1, -0.05) is 56.3 Å². The van der Waals surface area contributed by atoms with Crippen molar-refractivity contribution in [2.45, 2.75) is 96.1 Å². The van der Waals surface area contributed by atoms with E-state index in [1.165, 1.54) is 0 Å². The molecule has 10 N–H and O–H groups in total. The number of primary amides is 1. The van der Waals surface area contributed by atoms with E-state index in [0.717, 1.165) is 24.6 Å². The molecule has 22 nitrogen and oxygen atoms in total. The number of fused-ring (bicyclic) bond motifs is 1.